The largest absolute Gasteiger partial charge is 0.347 e. The zero-order valence-corrected chi connectivity index (χ0v) is 9.85. The molecule has 5 heteroatoms. The van der Waals surface area contributed by atoms with Crippen molar-refractivity contribution < 1.29 is 4.79 Å². The molecule has 0 spiro atoms. The van der Waals surface area contributed by atoms with Gasteiger partial charge in [-0.2, -0.15) is 0 Å². The van der Waals surface area contributed by atoms with Crippen LogP contribution in [0.25, 0.3) is 0 Å². The molecule has 2 aromatic rings. The molecule has 1 N–H and O–H groups in total. The average Bonchev–Trinajstić information content (AvgIpc) is 2.92. The molecule has 0 bridgehead atoms. The van der Waals surface area contributed by atoms with Crippen LogP contribution in [0.5, 0.6) is 0 Å². The van der Waals surface area contributed by atoms with Gasteiger partial charge in [0.05, 0.1) is 6.20 Å². The summed E-state index contributed by atoms with van der Waals surface area (Å²) >= 11 is 1.74. The first-order valence-corrected chi connectivity index (χ1v) is 6.33. The monoisotopic (exact) mass is 245 g/mol. The Labute approximate surface area is 103 Å². The first-order valence-electron chi connectivity index (χ1n) is 5.45. The molecule has 3 rings (SSSR count). The number of nitrogens with zero attached hydrogens (tertiary/aromatic N) is 2. The number of thiophene rings is 1. The molecule has 1 aliphatic carbocycles. The van der Waals surface area contributed by atoms with Crippen molar-refractivity contribution in [2.24, 2.45) is 0 Å². The smallest absolute Gasteiger partial charge is 0.271 e. The predicted octanol–water partition coefficient (Wildman–Crippen LogP) is 1.82. The molecular formula is C12H11N3OS. The summed E-state index contributed by atoms with van der Waals surface area (Å²) in [4.78, 5) is 21.0. The maximum Gasteiger partial charge on any atom is 0.271 e. The van der Waals surface area contributed by atoms with Gasteiger partial charge in [-0.3, -0.25) is 9.78 Å². The minimum atomic E-state index is -0.137. The Bertz CT molecular complexity index is 512. The molecule has 1 amide bonds. The number of carbonyl (C=O) groups excluding carboxylic acids is 1. The van der Waals surface area contributed by atoms with Crippen LogP contribution in [0.15, 0.2) is 36.1 Å². The van der Waals surface area contributed by atoms with Crippen molar-refractivity contribution in [3.8, 4) is 0 Å². The normalized spacial score (nSPS) is 22.1. The Balaban J connectivity index is 1.61. The molecule has 86 valence electrons. The van der Waals surface area contributed by atoms with Crippen molar-refractivity contribution in [1.29, 1.82) is 0 Å². The first-order chi connectivity index (χ1) is 8.34. The lowest BCUT2D eigenvalue weighted by Crippen LogP contribution is -2.27. The van der Waals surface area contributed by atoms with Crippen molar-refractivity contribution in [3.05, 3.63) is 46.7 Å². The van der Waals surface area contributed by atoms with Gasteiger partial charge in [0.2, 0.25) is 0 Å². The fraction of sp³-hybridized carbons (Fsp3) is 0.250. The van der Waals surface area contributed by atoms with Crippen molar-refractivity contribution in [3.63, 3.8) is 0 Å². The lowest BCUT2D eigenvalue weighted by atomic mass is 10.3. The van der Waals surface area contributed by atoms with E-state index in [1.807, 2.05) is 6.07 Å². The third-order valence-corrected chi connectivity index (χ3v) is 3.82. The fourth-order valence-electron chi connectivity index (χ4n) is 1.83. The lowest BCUT2D eigenvalue weighted by Gasteiger charge is -2.02. The Morgan fingerprint density at radius 2 is 2.41 bits per heavy atom. The van der Waals surface area contributed by atoms with E-state index in [-0.39, 0.29) is 11.9 Å². The summed E-state index contributed by atoms with van der Waals surface area (Å²) in [6.07, 6.45) is 5.59. The molecule has 17 heavy (non-hydrogen) atoms. The van der Waals surface area contributed by atoms with Crippen LogP contribution in [-0.4, -0.2) is 21.9 Å². The number of hydrogen-bond acceptors (Lipinski definition) is 4. The zero-order chi connectivity index (χ0) is 11.7. The van der Waals surface area contributed by atoms with Crippen molar-refractivity contribution in [2.75, 3.05) is 0 Å². The second kappa shape index (κ2) is 4.25. The van der Waals surface area contributed by atoms with E-state index in [4.69, 9.17) is 0 Å². The number of amides is 1. The van der Waals surface area contributed by atoms with Gasteiger partial charge >= 0.3 is 0 Å². The number of rotatable bonds is 3. The van der Waals surface area contributed by atoms with E-state index in [9.17, 15) is 4.79 Å². The molecule has 1 fully saturated rings. The minimum absolute atomic E-state index is 0.137. The summed E-state index contributed by atoms with van der Waals surface area (Å²) in [6, 6.07) is 4.41. The standard InChI is InChI=1S/C12H11N3OS/c16-12(10-7-13-3-4-14-10)15-9-6-8(9)11-2-1-5-17-11/h1-5,7-9H,6H2,(H,15,16). The highest BCUT2D eigenvalue weighted by Crippen LogP contribution is 2.42. The molecule has 4 nitrogen and oxygen atoms in total. The maximum absolute atomic E-state index is 11.8. The van der Waals surface area contributed by atoms with E-state index in [1.54, 1.807) is 17.5 Å². The molecule has 2 atom stereocenters. The maximum atomic E-state index is 11.8. The van der Waals surface area contributed by atoms with Gasteiger partial charge in [0.25, 0.3) is 5.91 Å². The highest BCUT2D eigenvalue weighted by atomic mass is 32.1. The Hall–Kier alpha value is -1.75. The second-order valence-electron chi connectivity index (χ2n) is 4.03. The first kappa shape index (κ1) is 10.4. The molecule has 0 radical (unpaired) electrons. The highest BCUT2D eigenvalue weighted by Gasteiger charge is 2.40. The van der Waals surface area contributed by atoms with Gasteiger partial charge in [-0.1, -0.05) is 6.07 Å². The van der Waals surface area contributed by atoms with E-state index in [0.717, 1.165) is 6.42 Å². The summed E-state index contributed by atoms with van der Waals surface area (Å²) in [5, 5.41) is 5.04. The van der Waals surface area contributed by atoms with Gasteiger partial charge in [-0.25, -0.2) is 4.98 Å². The van der Waals surface area contributed by atoms with E-state index < -0.39 is 0 Å². The van der Waals surface area contributed by atoms with Crippen molar-refractivity contribution in [2.45, 2.75) is 18.4 Å². The van der Waals surface area contributed by atoms with Crippen LogP contribution in [-0.2, 0) is 0 Å². The molecule has 2 aromatic heterocycles. The summed E-state index contributed by atoms with van der Waals surface area (Å²) in [7, 11) is 0. The number of hydrogen-bond donors (Lipinski definition) is 1. The average molecular weight is 245 g/mol. The zero-order valence-electron chi connectivity index (χ0n) is 9.04. The van der Waals surface area contributed by atoms with Crippen LogP contribution in [0.3, 0.4) is 0 Å². The van der Waals surface area contributed by atoms with Crippen LogP contribution >= 0.6 is 11.3 Å². The van der Waals surface area contributed by atoms with E-state index in [2.05, 4.69) is 26.7 Å². The summed E-state index contributed by atoms with van der Waals surface area (Å²) < 4.78 is 0. The minimum Gasteiger partial charge on any atom is -0.347 e. The van der Waals surface area contributed by atoms with Crippen LogP contribution in [0.4, 0.5) is 0 Å². The molecular weight excluding hydrogens is 234 g/mol. The van der Waals surface area contributed by atoms with E-state index in [1.165, 1.54) is 17.3 Å². The molecule has 0 aromatic carbocycles. The third kappa shape index (κ3) is 2.19. The SMILES string of the molecule is O=C(NC1CC1c1cccs1)c1cnccn1. The van der Waals surface area contributed by atoms with Crippen molar-refractivity contribution in [1.82, 2.24) is 15.3 Å². The van der Waals surface area contributed by atoms with Gasteiger partial charge < -0.3 is 5.32 Å². The predicted molar refractivity (Wildman–Crippen MR) is 65.0 cm³/mol. The summed E-state index contributed by atoms with van der Waals surface area (Å²) in [5.41, 5.74) is 0.379. The van der Waals surface area contributed by atoms with Crippen LogP contribution in [0, 0.1) is 0 Å². The molecule has 0 aliphatic heterocycles. The van der Waals surface area contributed by atoms with Crippen LogP contribution < -0.4 is 5.32 Å². The lowest BCUT2D eigenvalue weighted by molar-refractivity contribution is 0.0945. The summed E-state index contributed by atoms with van der Waals surface area (Å²) in [5.74, 6) is 0.345. The Morgan fingerprint density at radius 3 is 3.12 bits per heavy atom. The quantitative estimate of drug-likeness (QED) is 0.897. The van der Waals surface area contributed by atoms with Crippen LogP contribution in [0.2, 0.25) is 0 Å². The Morgan fingerprint density at radius 1 is 1.47 bits per heavy atom. The second-order valence-corrected chi connectivity index (χ2v) is 5.01. The van der Waals surface area contributed by atoms with Gasteiger partial charge in [-0.05, 0) is 17.9 Å². The molecule has 1 aliphatic rings. The Kier molecular flexibility index (Phi) is 2.60. The highest BCUT2D eigenvalue weighted by molar-refractivity contribution is 7.10. The number of aromatic nitrogens is 2. The topological polar surface area (TPSA) is 54.9 Å². The van der Waals surface area contributed by atoms with Gasteiger partial charge in [0, 0.05) is 29.2 Å². The number of nitrogens with one attached hydrogen (secondary N) is 1. The van der Waals surface area contributed by atoms with Gasteiger partial charge in [0.15, 0.2) is 0 Å². The molecule has 0 saturated heterocycles. The van der Waals surface area contributed by atoms with Gasteiger partial charge in [-0.15, -0.1) is 11.3 Å². The van der Waals surface area contributed by atoms with Crippen LogP contribution in [0.1, 0.15) is 27.7 Å². The van der Waals surface area contributed by atoms with E-state index in [0.29, 0.717) is 11.6 Å². The van der Waals surface area contributed by atoms with Crippen molar-refractivity contribution >= 4 is 17.2 Å². The van der Waals surface area contributed by atoms with Gasteiger partial charge in [0.1, 0.15) is 5.69 Å². The molecule has 2 unspecified atom stereocenters. The molecule has 2 heterocycles. The summed E-state index contributed by atoms with van der Waals surface area (Å²) in [6.45, 7) is 0. The fourth-order valence-corrected chi connectivity index (χ4v) is 2.74. The van der Waals surface area contributed by atoms with E-state index >= 15 is 0 Å². The molecule has 1 saturated carbocycles. The third-order valence-electron chi connectivity index (χ3n) is 2.81. The number of carbonyl (C=O) groups is 1.